The molecule has 0 bridgehead atoms. The highest BCUT2D eigenvalue weighted by atomic mass is 35.5. The molecular formula is C9H4ClN3S. The first-order valence-corrected chi connectivity index (χ1v) is 4.98. The van der Waals surface area contributed by atoms with Crippen molar-refractivity contribution in [3.63, 3.8) is 0 Å². The van der Waals surface area contributed by atoms with E-state index in [9.17, 15) is 0 Å². The molecule has 0 saturated carbocycles. The van der Waals surface area contributed by atoms with E-state index in [-0.39, 0.29) is 0 Å². The smallest absolute Gasteiger partial charge is 0.190 e. The van der Waals surface area contributed by atoms with Gasteiger partial charge in [0.2, 0.25) is 5.01 Å². The highest BCUT2D eigenvalue weighted by molar-refractivity contribution is 7.15. The number of nitriles is 1. The highest BCUT2D eigenvalue weighted by Gasteiger charge is 2.04. The quantitative estimate of drug-likeness (QED) is 0.744. The van der Waals surface area contributed by atoms with Crippen molar-refractivity contribution in [1.82, 2.24) is 10.2 Å². The van der Waals surface area contributed by atoms with Crippen LogP contribution in [0.2, 0.25) is 5.02 Å². The van der Waals surface area contributed by atoms with E-state index in [1.165, 1.54) is 11.3 Å². The molecule has 0 atom stereocenters. The number of nitrogens with zero attached hydrogens (tertiary/aromatic N) is 3. The average molecular weight is 222 g/mol. The molecule has 2 rings (SSSR count). The number of benzene rings is 1. The minimum Gasteiger partial charge on any atom is -0.190 e. The van der Waals surface area contributed by atoms with Crippen molar-refractivity contribution >= 4 is 22.9 Å². The van der Waals surface area contributed by atoms with E-state index in [0.717, 1.165) is 10.6 Å². The molecule has 2 aromatic rings. The molecule has 14 heavy (non-hydrogen) atoms. The van der Waals surface area contributed by atoms with Crippen molar-refractivity contribution in [2.75, 3.05) is 0 Å². The van der Waals surface area contributed by atoms with Gasteiger partial charge in [-0.3, -0.25) is 0 Å². The second-order valence-electron chi connectivity index (χ2n) is 2.53. The normalized spacial score (nSPS) is 9.71. The summed E-state index contributed by atoms with van der Waals surface area (Å²) in [6.07, 6.45) is 0. The molecule has 0 radical (unpaired) electrons. The van der Waals surface area contributed by atoms with Gasteiger partial charge in [-0.2, -0.15) is 5.26 Å². The second kappa shape index (κ2) is 3.74. The van der Waals surface area contributed by atoms with Crippen LogP contribution in [0, 0.1) is 11.3 Å². The molecule has 0 aliphatic rings. The largest absolute Gasteiger partial charge is 0.218 e. The number of rotatable bonds is 1. The molecule has 5 heteroatoms. The molecule has 0 fully saturated rings. The Balaban J connectivity index is 2.40. The third kappa shape index (κ3) is 1.74. The fourth-order valence-corrected chi connectivity index (χ4v) is 1.75. The van der Waals surface area contributed by atoms with Crippen LogP contribution >= 0.6 is 22.9 Å². The zero-order valence-corrected chi connectivity index (χ0v) is 8.51. The van der Waals surface area contributed by atoms with Crippen molar-refractivity contribution < 1.29 is 0 Å². The Kier molecular flexibility index (Phi) is 2.44. The average Bonchev–Trinajstić information content (AvgIpc) is 2.67. The molecule has 0 saturated heterocycles. The van der Waals surface area contributed by atoms with Crippen molar-refractivity contribution in [3.05, 3.63) is 34.3 Å². The summed E-state index contributed by atoms with van der Waals surface area (Å²) in [4.78, 5) is 0. The zero-order valence-electron chi connectivity index (χ0n) is 6.94. The van der Waals surface area contributed by atoms with Gasteiger partial charge in [-0.05, 0) is 12.1 Å². The van der Waals surface area contributed by atoms with E-state index >= 15 is 0 Å². The van der Waals surface area contributed by atoms with Gasteiger partial charge in [-0.25, -0.2) is 0 Å². The molecule has 68 valence electrons. The van der Waals surface area contributed by atoms with Crippen LogP contribution in [0.5, 0.6) is 0 Å². The first-order chi connectivity index (χ1) is 6.79. The van der Waals surface area contributed by atoms with Gasteiger partial charge >= 0.3 is 0 Å². The summed E-state index contributed by atoms with van der Waals surface area (Å²) in [7, 11) is 0. The van der Waals surface area contributed by atoms with Crippen LogP contribution in [0.3, 0.4) is 0 Å². The first kappa shape index (κ1) is 9.13. The molecular weight excluding hydrogens is 218 g/mol. The summed E-state index contributed by atoms with van der Waals surface area (Å²) >= 11 is 7.01. The summed E-state index contributed by atoms with van der Waals surface area (Å²) in [5.41, 5.74) is 0.924. The monoisotopic (exact) mass is 221 g/mol. The molecule has 0 unspecified atom stereocenters. The summed E-state index contributed by atoms with van der Waals surface area (Å²) in [5.74, 6) is 0. The minimum absolute atomic E-state index is 0.370. The summed E-state index contributed by atoms with van der Waals surface area (Å²) in [6.45, 7) is 0. The van der Waals surface area contributed by atoms with E-state index in [0.29, 0.717) is 10.0 Å². The fourth-order valence-electron chi connectivity index (χ4n) is 0.978. The zero-order chi connectivity index (χ0) is 9.97. The third-order valence-electron chi connectivity index (χ3n) is 1.61. The molecule has 0 aliphatic heterocycles. The van der Waals surface area contributed by atoms with Crippen molar-refractivity contribution in [1.29, 1.82) is 5.26 Å². The predicted molar refractivity (Wildman–Crippen MR) is 55.1 cm³/mol. The van der Waals surface area contributed by atoms with Gasteiger partial charge in [0.1, 0.15) is 11.1 Å². The Morgan fingerprint density at radius 3 is 2.50 bits per heavy atom. The van der Waals surface area contributed by atoms with Gasteiger partial charge < -0.3 is 0 Å². The van der Waals surface area contributed by atoms with E-state index in [4.69, 9.17) is 16.9 Å². The topological polar surface area (TPSA) is 49.6 Å². The molecule has 0 aliphatic carbocycles. The molecule has 0 spiro atoms. The lowest BCUT2D eigenvalue weighted by molar-refractivity contribution is 1.08. The Hall–Kier alpha value is -1.44. The van der Waals surface area contributed by atoms with Gasteiger partial charge in [0.05, 0.1) is 0 Å². The Labute approximate surface area is 89.6 Å². The maximum absolute atomic E-state index is 8.58. The number of aromatic nitrogens is 2. The Bertz CT molecular complexity index is 484. The Morgan fingerprint density at radius 1 is 1.21 bits per heavy atom. The first-order valence-electron chi connectivity index (χ1n) is 3.79. The lowest BCUT2D eigenvalue weighted by Gasteiger charge is -1.93. The maximum atomic E-state index is 8.58. The third-order valence-corrected chi connectivity index (χ3v) is 2.74. The molecule has 1 aromatic heterocycles. The Morgan fingerprint density at radius 2 is 1.93 bits per heavy atom. The van der Waals surface area contributed by atoms with Crippen LogP contribution in [-0.4, -0.2) is 10.2 Å². The van der Waals surface area contributed by atoms with Gasteiger partial charge in [0, 0.05) is 10.6 Å². The summed E-state index contributed by atoms with van der Waals surface area (Å²) in [5, 5.41) is 18.0. The van der Waals surface area contributed by atoms with Crippen LogP contribution in [0.25, 0.3) is 10.6 Å². The van der Waals surface area contributed by atoms with Crippen LogP contribution in [0.15, 0.2) is 24.3 Å². The van der Waals surface area contributed by atoms with E-state index in [2.05, 4.69) is 10.2 Å². The van der Waals surface area contributed by atoms with Crippen LogP contribution < -0.4 is 0 Å². The van der Waals surface area contributed by atoms with Gasteiger partial charge in [-0.15, -0.1) is 10.2 Å². The van der Waals surface area contributed by atoms with E-state index < -0.39 is 0 Å². The number of hydrogen-bond donors (Lipinski definition) is 0. The van der Waals surface area contributed by atoms with E-state index in [1.54, 1.807) is 12.1 Å². The van der Waals surface area contributed by atoms with Crippen LogP contribution in [0.1, 0.15) is 5.01 Å². The van der Waals surface area contributed by atoms with Gasteiger partial charge in [-0.1, -0.05) is 35.1 Å². The van der Waals surface area contributed by atoms with Crippen LogP contribution in [0.4, 0.5) is 0 Å². The molecule has 1 heterocycles. The molecule has 1 aromatic carbocycles. The van der Waals surface area contributed by atoms with Crippen LogP contribution in [-0.2, 0) is 0 Å². The summed E-state index contributed by atoms with van der Waals surface area (Å²) in [6, 6.07) is 9.21. The minimum atomic E-state index is 0.370. The SMILES string of the molecule is N#Cc1nnc(-c2ccc(Cl)cc2)s1. The van der Waals surface area contributed by atoms with E-state index in [1.807, 2.05) is 18.2 Å². The fraction of sp³-hybridized carbons (Fsp3) is 0. The standard InChI is InChI=1S/C9H4ClN3S/c10-7-3-1-6(2-4-7)9-13-12-8(5-11)14-9/h1-4H. The van der Waals surface area contributed by atoms with Crippen molar-refractivity contribution in [2.24, 2.45) is 0 Å². The maximum Gasteiger partial charge on any atom is 0.218 e. The van der Waals surface area contributed by atoms with Gasteiger partial charge in [0.25, 0.3) is 0 Å². The van der Waals surface area contributed by atoms with Crippen molar-refractivity contribution in [2.45, 2.75) is 0 Å². The van der Waals surface area contributed by atoms with Gasteiger partial charge in [0.15, 0.2) is 0 Å². The number of hydrogen-bond acceptors (Lipinski definition) is 4. The lowest BCUT2D eigenvalue weighted by Crippen LogP contribution is -1.75. The number of halogens is 1. The lowest BCUT2D eigenvalue weighted by atomic mass is 10.2. The summed E-state index contributed by atoms with van der Waals surface area (Å²) < 4.78 is 0. The second-order valence-corrected chi connectivity index (χ2v) is 3.95. The molecule has 0 amide bonds. The molecule has 0 N–H and O–H groups in total. The van der Waals surface area contributed by atoms with Crippen molar-refractivity contribution in [3.8, 4) is 16.6 Å². The molecule has 3 nitrogen and oxygen atoms in total. The predicted octanol–water partition coefficient (Wildman–Crippen LogP) is 2.73. The highest BCUT2D eigenvalue weighted by Crippen LogP contribution is 2.24.